The van der Waals surface area contributed by atoms with Crippen molar-refractivity contribution < 1.29 is 4.74 Å². The quantitative estimate of drug-likeness (QED) is 0.424. The maximum Gasteiger partial charge on any atom is 0.0909 e. The third-order valence-electron chi connectivity index (χ3n) is 6.52. The third kappa shape index (κ3) is 5.35. The molecule has 2 aliphatic carbocycles. The van der Waals surface area contributed by atoms with E-state index in [0.717, 1.165) is 30.6 Å². The highest BCUT2D eigenvalue weighted by Gasteiger charge is 2.37. The Morgan fingerprint density at radius 1 is 1.04 bits per heavy atom. The SMILES string of the molecule is CCCCC[C@H]1CC[C@H]([C@H]2CC[C@@](C=CC#N)(OC)CC2)CC1. The molecule has 23 heavy (non-hydrogen) atoms. The van der Waals surface area contributed by atoms with E-state index in [1.165, 1.54) is 64.2 Å². The van der Waals surface area contributed by atoms with E-state index in [0.29, 0.717) is 0 Å². The molecule has 0 radical (unpaired) electrons. The van der Waals surface area contributed by atoms with Gasteiger partial charge in [-0.3, -0.25) is 0 Å². The maximum absolute atomic E-state index is 8.77. The van der Waals surface area contributed by atoms with Crippen LogP contribution in [0.4, 0.5) is 0 Å². The molecule has 2 saturated carbocycles. The molecule has 0 spiro atoms. The number of nitriles is 1. The average molecular weight is 318 g/mol. The van der Waals surface area contributed by atoms with Crippen LogP contribution in [0.2, 0.25) is 0 Å². The molecule has 130 valence electrons. The second-order valence-electron chi connectivity index (χ2n) is 7.85. The number of rotatable bonds is 7. The zero-order valence-electron chi connectivity index (χ0n) is 15.2. The summed E-state index contributed by atoms with van der Waals surface area (Å²) in [7, 11) is 1.80. The van der Waals surface area contributed by atoms with Gasteiger partial charge in [0.15, 0.2) is 0 Å². The molecular weight excluding hydrogens is 282 g/mol. The van der Waals surface area contributed by atoms with Crippen molar-refractivity contribution in [1.29, 1.82) is 5.26 Å². The van der Waals surface area contributed by atoms with Crippen molar-refractivity contribution in [2.75, 3.05) is 7.11 Å². The first-order valence-corrected chi connectivity index (χ1v) is 9.85. The van der Waals surface area contributed by atoms with Crippen LogP contribution in [-0.2, 0) is 4.74 Å². The van der Waals surface area contributed by atoms with Crippen molar-refractivity contribution in [1.82, 2.24) is 0 Å². The van der Waals surface area contributed by atoms with Gasteiger partial charge in [-0.1, -0.05) is 45.4 Å². The Balaban J connectivity index is 1.74. The van der Waals surface area contributed by atoms with Crippen molar-refractivity contribution in [2.45, 2.75) is 89.6 Å². The number of hydrogen-bond acceptors (Lipinski definition) is 2. The van der Waals surface area contributed by atoms with Gasteiger partial charge in [0, 0.05) is 13.2 Å². The summed E-state index contributed by atoms with van der Waals surface area (Å²) in [5, 5.41) is 8.77. The van der Waals surface area contributed by atoms with E-state index in [4.69, 9.17) is 10.00 Å². The number of hydrogen-bond donors (Lipinski definition) is 0. The molecule has 0 N–H and O–H groups in total. The van der Waals surface area contributed by atoms with Crippen LogP contribution in [-0.4, -0.2) is 12.7 Å². The summed E-state index contributed by atoms with van der Waals surface area (Å²) in [6.45, 7) is 2.30. The van der Waals surface area contributed by atoms with E-state index in [1.807, 2.05) is 6.08 Å². The van der Waals surface area contributed by atoms with Crippen LogP contribution >= 0.6 is 0 Å². The van der Waals surface area contributed by atoms with E-state index in [9.17, 15) is 0 Å². The molecule has 2 heteroatoms. The minimum absolute atomic E-state index is 0.163. The van der Waals surface area contributed by atoms with E-state index in [1.54, 1.807) is 13.2 Å². The van der Waals surface area contributed by atoms with Crippen LogP contribution in [0.15, 0.2) is 12.2 Å². The van der Waals surface area contributed by atoms with Gasteiger partial charge in [-0.05, 0) is 62.4 Å². The predicted octanol–water partition coefficient (Wildman–Crippen LogP) is 6.03. The van der Waals surface area contributed by atoms with Crippen molar-refractivity contribution in [2.24, 2.45) is 17.8 Å². The Morgan fingerprint density at radius 3 is 2.26 bits per heavy atom. The van der Waals surface area contributed by atoms with Crippen molar-refractivity contribution in [3.05, 3.63) is 12.2 Å². The fraction of sp³-hybridized carbons (Fsp3) is 0.857. The average Bonchev–Trinajstić information content (AvgIpc) is 2.61. The highest BCUT2D eigenvalue weighted by Crippen LogP contribution is 2.44. The van der Waals surface area contributed by atoms with Gasteiger partial charge in [-0.25, -0.2) is 0 Å². The van der Waals surface area contributed by atoms with Gasteiger partial charge in [-0.2, -0.15) is 5.26 Å². The normalized spacial score (nSPS) is 35.3. The fourth-order valence-corrected chi connectivity index (χ4v) is 4.86. The van der Waals surface area contributed by atoms with E-state index in [2.05, 4.69) is 13.0 Å². The number of allylic oxidation sites excluding steroid dienone is 1. The van der Waals surface area contributed by atoms with Gasteiger partial charge in [0.1, 0.15) is 0 Å². The summed E-state index contributed by atoms with van der Waals surface area (Å²) in [6.07, 6.45) is 19.8. The Labute approximate surface area is 143 Å². The highest BCUT2D eigenvalue weighted by molar-refractivity contribution is 5.12. The molecule has 0 aromatic rings. The molecule has 0 aromatic heterocycles. The summed E-state index contributed by atoms with van der Waals surface area (Å²) in [4.78, 5) is 0. The summed E-state index contributed by atoms with van der Waals surface area (Å²) in [6, 6.07) is 2.11. The van der Waals surface area contributed by atoms with Crippen LogP contribution in [0.5, 0.6) is 0 Å². The van der Waals surface area contributed by atoms with Crippen LogP contribution in [0.25, 0.3) is 0 Å². The topological polar surface area (TPSA) is 33.0 Å². The van der Waals surface area contributed by atoms with Crippen molar-refractivity contribution in [3.8, 4) is 6.07 Å². The minimum Gasteiger partial charge on any atom is -0.374 e. The van der Waals surface area contributed by atoms with E-state index in [-0.39, 0.29) is 5.60 Å². The number of nitrogens with zero attached hydrogens (tertiary/aromatic N) is 1. The largest absolute Gasteiger partial charge is 0.374 e. The molecule has 0 aliphatic heterocycles. The molecule has 0 bridgehead atoms. The van der Waals surface area contributed by atoms with Gasteiger partial charge in [-0.15, -0.1) is 0 Å². The van der Waals surface area contributed by atoms with Crippen LogP contribution in [0.1, 0.15) is 84.0 Å². The molecule has 0 amide bonds. The van der Waals surface area contributed by atoms with Crippen LogP contribution in [0.3, 0.4) is 0 Å². The molecule has 2 nitrogen and oxygen atoms in total. The number of methoxy groups -OCH3 is 1. The molecule has 0 saturated heterocycles. The first-order chi connectivity index (χ1) is 11.2. The van der Waals surface area contributed by atoms with Crippen molar-refractivity contribution >= 4 is 0 Å². The Morgan fingerprint density at radius 2 is 1.70 bits per heavy atom. The molecule has 2 aliphatic rings. The monoisotopic (exact) mass is 317 g/mol. The standard InChI is InChI=1S/C21H35NO/c1-3-4-5-7-18-8-10-19(11-9-18)20-12-15-21(23-2,16-13-20)14-6-17-22/h6,14,18-20H,3-5,7-13,15-16H2,1-2H3/t18-,19-,20-,21+. The van der Waals surface area contributed by atoms with E-state index >= 15 is 0 Å². The molecule has 2 fully saturated rings. The second-order valence-corrected chi connectivity index (χ2v) is 7.85. The Kier molecular flexibility index (Phi) is 7.63. The first kappa shape index (κ1) is 18.5. The van der Waals surface area contributed by atoms with Gasteiger partial charge in [0.05, 0.1) is 11.7 Å². The number of unbranched alkanes of at least 4 members (excludes halogenated alkanes) is 2. The van der Waals surface area contributed by atoms with Gasteiger partial charge in [0.25, 0.3) is 0 Å². The second kappa shape index (κ2) is 9.48. The third-order valence-corrected chi connectivity index (χ3v) is 6.52. The molecule has 0 atom stereocenters. The lowest BCUT2D eigenvalue weighted by Gasteiger charge is -2.41. The zero-order chi connectivity index (χ0) is 16.5. The summed E-state index contributed by atoms with van der Waals surface area (Å²) >= 11 is 0. The van der Waals surface area contributed by atoms with Crippen molar-refractivity contribution in [3.63, 3.8) is 0 Å². The molecule has 2 rings (SSSR count). The maximum atomic E-state index is 8.77. The predicted molar refractivity (Wildman–Crippen MR) is 96.0 cm³/mol. The molecule has 0 unspecified atom stereocenters. The Hall–Kier alpha value is -0.810. The minimum atomic E-state index is -0.163. The first-order valence-electron chi connectivity index (χ1n) is 9.85. The van der Waals surface area contributed by atoms with Crippen LogP contribution in [0, 0.1) is 29.1 Å². The van der Waals surface area contributed by atoms with Gasteiger partial charge in [0.2, 0.25) is 0 Å². The highest BCUT2D eigenvalue weighted by atomic mass is 16.5. The lowest BCUT2D eigenvalue weighted by Crippen LogP contribution is -2.36. The summed E-state index contributed by atoms with van der Waals surface area (Å²) in [5.41, 5.74) is -0.163. The molecule has 0 aromatic carbocycles. The van der Waals surface area contributed by atoms with Gasteiger partial charge < -0.3 is 4.74 Å². The lowest BCUT2D eigenvalue weighted by atomic mass is 9.67. The van der Waals surface area contributed by atoms with Gasteiger partial charge >= 0.3 is 0 Å². The fourth-order valence-electron chi connectivity index (χ4n) is 4.86. The smallest absolute Gasteiger partial charge is 0.0909 e. The Bertz CT molecular complexity index is 393. The summed E-state index contributed by atoms with van der Waals surface area (Å²) in [5.74, 6) is 2.86. The zero-order valence-corrected chi connectivity index (χ0v) is 15.2. The van der Waals surface area contributed by atoms with E-state index < -0.39 is 0 Å². The molecule has 0 heterocycles. The lowest BCUT2D eigenvalue weighted by molar-refractivity contribution is -0.0200. The van der Waals surface area contributed by atoms with Crippen LogP contribution < -0.4 is 0 Å². The molecular formula is C21H35NO. The summed E-state index contributed by atoms with van der Waals surface area (Å²) < 4.78 is 5.75. The number of ether oxygens (including phenoxy) is 1.